The van der Waals surface area contributed by atoms with Crippen LogP contribution in [0.4, 0.5) is 8.78 Å². The summed E-state index contributed by atoms with van der Waals surface area (Å²) >= 11 is 0. The average molecular weight is 239 g/mol. The van der Waals surface area contributed by atoms with Gasteiger partial charge in [0.25, 0.3) is 6.43 Å². The van der Waals surface area contributed by atoms with Crippen LogP contribution in [0.1, 0.15) is 19.2 Å². The van der Waals surface area contributed by atoms with Crippen molar-refractivity contribution in [3.8, 4) is 17.1 Å². The molecule has 2 rings (SSSR count). The number of nitrogens with zero attached hydrogens (tertiary/aromatic N) is 3. The summed E-state index contributed by atoms with van der Waals surface area (Å²) in [7, 11) is 0. The summed E-state index contributed by atoms with van der Waals surface area (Å²) < 4.78 is 26.5. The maximum absolute atomic E-state index is 12.6. The molecule has 0 fully saturated rings. The molecule has 0 amide bonds. The van der Waals surface area contributed by atoms with E-state index >= 15 is 0 Å². The van der Waals surface area contributed by atoms with Gasteiger partial charge in [-0.05, 0) is 31.2 Å². The van der Waals surface area contributed by atoms with Crippen LogP contribution >= 0.6 is 0 Å². The molecule has 0 atom stereocenters. The molecule has 0 aliphatic carbocycles. The van der Waals surface area contributed by atoms with Crippen LogP contribution < -0.4 is 0 Å². The fourth-order valence-electron chi connectivity index (χ4n) is 1.48. The Labute approximate surface area is 96.5 Å². The Bertz CT molecular complexity index is 508. The van der Waals surface area contributed by atoms with E-state index in [1.54, 1.807) is 19.1 Å². The van der Waals surface area contributed by atoms with E-state index in [0.717, 1.165) is 0 Å². The molecule has 0 spiro atoms. The van der Waals surface area contributed by atoms with E-state index in [4.69, 9.17) is 5.11 Å². The molecule has 0 aliphatic rings. The van der Waals surface area contributed by atoms with Gasteiger partial charge in [-0.3, -0.25) is 0 Å². The lowest BCUT2D eigenvalue weighted by molar-refractivity contribution is 0.134. The van der Waals surface area contributed by atoms with E-state index in [1.807, 2.05) is 0 Å². The van der Waals surface area contributed by atoms with Crippen molar-refractivity contribution in [2.75, 3.05) is 0 Å². The Balaban J connectivity index is 2.42. The molecule has 0 saturated carbocycles. The number of aromatic nitrogens is 3. The summed E-state index contributed by atoms with van der Waals surface area (Å²) in [6.45, 7) is 2.06. The molecule has 6 heteroatoms. The van der Waals surface area contributed by atoms with Crippen molar-refractivity contribution in [3.05, 3.63) is 30.1 Å². The molecule has 0 unspecified atom stereocenters. The quantitative estimate of drug-likeness (QED) is 0.895. The number of benzene rings is 1. The second-order valence-corrected chi connectivity index (χ2v) is 3.46. The Kier molecular flexibility index (Phi) is 3.03. The highest BCUT2D eigenvalue weighted by molar-refractivity contribution is 5.55. The Morgan fingerprint density at radius 1 is 1.29 bits per heavy atom. The molecule has 4 nitrogen and oxygen atoms in total. The van der Waals surface area contributed by atoms with Gasteiger partial charge >= 0.3 is 0 Å². The number of phenols is 1. The Morgan fingerprint density at radius 3 is 2.41 bits per heavy atom. The summed E-state index contributed by atoms with van der Waals surface area (Å²) in [6.07, 6.45) is -2.65. The average Bonchev–Trinajstić information content (AvgIpc) is 2.74. The van der Waals surface area contributed by atoms with Crippen LogP contribution in [0.15, 0.2) is 24.3 Å². The van der Waals surface area contributed by atoms with Crippen LogP contribution in [0.5, 0.6) is 5.75 Å². The van der Waals surface area contributed by atoms with Gasteiger partial charge in [0.1, 0.15) is 5.75 Å². The molecule has 1 aromatic carbocycles. The van der Waals surface area contributed by atoms with Crippen molar-refractivity contribution in [1.82, 2.24) is 14.8 Å². The van der Waals surface area contributed by atoms with E-state index in [1.165, 1.54) is 16.8 Å². The number of halogens is 2. The van der Waals surface area contributed by atoms with Gasteiger partial charge < -0.3 is 5.11 Å². The maximum atomic E-state index is 12.6. The lowest BCUT2D eigenvalue weighted by Crippen LogP contribution is -2.03. The van der Waals surface area contributed by atoms with E-state index in [0.29, 0.717) is 12.1 Å². The second kappa shape index (κ2) is 4.48. The third-order valence-electron chi connectivity index (χ3n) is 2.32. The van der Waals surface area contributed by atoms with Crippen LogP contribution in [0.3, 0.4) is 0 Å². The Hall–Kier alpha value is -1.98. The number of aromatic hydroxyl groups is 1. The first-order valence-electron chi connectivity index (χ1n) is 5.14. The van der Waals surface area contributed by atoms with E-state index < -0.39 is 6.43 Å². The highest BCUT2D eigenvalue weighted by atomic mass is 19.3. The van der Waals surface area contributed by atoms with Crippen LogP contribution in [0, 0.1) is 0 Å². The summed E-state index contributed by atoms with van der Waals surface area (Å²) in [5.74, 6) is 0.00971. The molecule has 2 aromatic rings. The fourth-order valence-corrected chi connectivity index (χ4v) is 1.48. The van der Waals surface area contributed by atoms with Crippen molar-refractivity contribution in [2.24, 2.45) is 0 Å². The second-order valence-electron chi connectivity index (χ2n) is 3.46. The van der Waals surface area contributed by atoms with Crippen molar-refractivity contribution in [3.63, 3.8) is 0 Å². The minimum absolute atomic E-state index is 0.109. The minimum atomic E-state index is -2.65. The third kappa shape index (κ3) is 2.25. The van der Waals surface area contributed by atoms with Gasteiger partial charge in [-0.1, -0.05) is 0 Å². The zero-order chi connectivity index (χ0) is 12.4. The molecule has 17 heavy (non-hydrogen) atoms. The highest BCUT2D eigenvalue weighted by Gasteiger charge is 2.18. The first kappa shape index (κ1) is 11.5. The molecule has 0 saturated heterocycles. The molecule has 90 valence electrons. The van der Waals surface area contributed by atoms with Crippen LogP contribution in [0.2, 0.25) is 0 Å². The molecule has 1 heterocycles. The van der Waals surface area contributed by atoms with Crippen LogP contribution in [-0.2, 0) is 6.54 Å². The monoisotopic (exact) mass is 239 g/mol. The lowest BCUT2D eigenvalue weighted by atomic mass is 10.2. The summed E-state index contributed by atoms with van der Waals surface area (Å²) in [5.41, 5.74) is 0.594. The van der Waals surface area contributed by atoms with Crippen molar-refractivity contribution in [2.45, 2.75) is 19.9 Å². The number of hydrogen-bond acceptors (Lipinski definition) is 3. The van der Waals surface area contributed by atoms with E-state index in [9.17, 15) is 8.78 Å². The number of aryl methyl sites for hydroxylation is 1. The Morgan fingerprint density at radius 2 is 1.94 bits per heavy atom. The molecule has 0 aliphatic heterocycles. The third-order valence-corrected chi connectivity index (χ3v) is 2.32. The summed E-state index contributed by atoms with van der Waals surface area (Å²) in [4.78, 5) is 3.80. The van der Waals surface area contributed by atoms with Gasteiger partial charge in [0.2, 0.25) is 0 Å². The zero-order valence-corrected chi connectivity index (χ0v) is 9.14. The molecule has 1 aromatic heterocycles. The topological polar surface area (TPSA) is 50.9 Å². The maximum Gasteiger partial charge on any atom is 0.297 e. The number of alkyl halides is 2. The number of hydrogen-bond donors (Lipinski definition) is 1. The standard InChI is InChI=1S/C11H11F2N3O/c1-2-16-11(9(12)13)14-10(15-16)7-3-5-8(17)6-4-7/h3-6,9,17H,2H2,1H3. The zero-order valence-electron chi connectivity index (χ0n) is 9.14. The van der Waals surface area contributed by atoms with Gasteiger partial charge in [0, 0.05) is 12.1 Å². The van der Waals surface area contributed by atoms with Gasteiger partial charge in [0.15, 0.2) is 11.6 Å². The molecule has 0 bridgehead atoms. The van der Waals surface area contributed by atoms with Gasteiger partial charge in [-0.25, -0.2) is 18.4 Å². The van der Waals surface area contributed by atoms with Crippen LogP contribution in [-0.4, -0.2) is 19.9 Å². The lowest BCUT2D eigenvalue weighted by Gasteiger charge is -1.98. The van der Waals surface area contributed by atoms with Gasteiger partial charge in [0.05, 0.1) is 0 Å². The van der Waals surface area contributed by atoms with Crippen LogP contribution in [0.25, 0.3) is 11.4 Å². The first-order chi connectivity index (χ1) is 8.11. The molecule has 1 N–H and O–H groups in total. The number of rotatable bonds is 3. The largest absolute Gasteiger partial charge is 0.508 e. The van der Waals surface area contributed by atoms with Crippen molar-refractivity contribution >= 4 is 0 Å². The number of phenolic OH excluding ortho intramolecular Hbond substituents is 1. The molecular weight excluding hydrogens is 228 g/mol. The van der Waals surface area contributed by atoms with E-state index in [-0.39, 0.29) is 17.4 Å². The predicted octanol–water partition coefficient (Wildman–Crippen LogP) is 2.61. The smallest absolute Gasteiger partial charge is 0.297 e. The van der Waals surface area contributed by atoms with Crippen molar-refractivity contribution in [1.29, 1.82) is 0 Å². The molecule has 0 radical (unpaired) electrons. The predicted molar refractivity (Wildman–Crippen MR) is 57.8 cm³/mol. The SMILES string of the molecule is CCn1nc(-c2ccc(O)cc2)nc1C(F)F. The normalized spacial score (nSPS) is 11.1. The van der Waals surface area contributed by atoms with E-state index in [2.05, 4.69) is 10.1 Å². The summed E-state index contributed by atoms with van der Waals surface area (Å²) in [5, 5.41) is 13.1. The van der Waals surface area contributed by atoms with Gasteiger partial charge in [-0.2, -0.15) is 5.10 Å². The van der Waals surface area contributed by atoms with Gasteiger partial charge in [-0.15, -0.1) is 0 Å². The molecular formula is C11H11F2N3O. The highest BCUT2D eigenvalue weighted by Crippen LogP contribution is 2.23. The summed E-state index contributed by atoms with van der Waals surface area (Å²) in [6, 6.07) is 6.09. The minimum Gasteiger partial charge on any atom is -0.508 e. The van der Waals surface area contributed by atoms with Crippen molar-refractivity contribution < 1.29 is 13.9 Å². The first-order valence-corrected chi connectivity index (χ1v) is 5.14. The fraction of sp³-hybridized carbons (Fsp3) is 0.273.